The van der Waals surface area contributed by atoms with E-state index >= 15 is 0 Å². The van der Waals surface area contributed by atoms with Crippen LogP contribution in [0.4, 0.5) is 0 Å². The number of hydrogen-bond acceptors (Lipinski definition) is 5. The van der Waals surface area contributed by atoms with Crippen LogP contribution in [0, 0.1) is 0 Å². The quantitative estimate of drug-likeness (QED) is 0.350. The van der Waals surface area contributed by atoms with Crippen molar-refractivity contribution in [3.8, 4) is 11.6 Å². The molecular weight excluding hydrogens is 324 g/mol. The molecule has 0 saturated heterocycles. The summed E-state index contributed by atoms with van der Waals surface area (Å²) in [6.07, 6.45) is 0. The minimum atomic E-state index is -0.815. The molecule has 1 aromatic carbocycles. The fourth-order valence-electron chi connectivity index (χ4n) is 1.86. The molecule has 2 rings (SSSR count). The number of guanidine groups is 1. The van der Waals surface area contributed by atoms with Gasteiger partial charge in [0.15, 0.2) is 0 Å². The first-order valence-corrected chi connectivity index (χ1v) is 6.67. The van der Waals surface area contributed by atoms with Crippen LogP contribution in [0.2, 0.25) is 5.02 Å². The fourth-order valence-corrected chi connectivity index (χ4v) is 1.99. The van der Waals surface area contributed by atoms with Crippen LogP contribution in [0.3, 0.4) is 0 Å². The number of H-pyrrole nitrogens is 1. The summed E-state index contributed by atoms with van der Waals surface area (Å²) in [6, 6.07) is 6.09. The number of aromatic nitrogens is 2. The molecule has 0 aliphatic rings. The molecule has 1 aromatic heterocycles. The third kappa shape index (κ3) is 3.40. The van der Waals surface area contributed by atoms with Gasteiger partial charge in [-0.2, -0.15) is 5.10 Å². The Morgan fingerprint density at radius 1 is 1.22 bits per heavy atom. The zero-order valence-corrected chi connectivity index (χ0v) is 12.7. The van der Waals surface area contributed by atoms with Crippen LogP contribution in [0.1, 0.15) is 12.5 Å². The Labute approximate surface area is 134 Å². The number of hydrogen-bond donors (Lipinski definition) is 4. The van der Waals surface area contributed by atoms with Crippen molar-refractivity contribution in [2.24, 2.45) is 21.7 Å². The lowest BCUT2D eigenvalue weighted by molar-refractivity contribution is 0.429. The van der Waals surface area contributed by atoms with Crippen LogP contribution in [0.15, 0.2) is 44.1 Å². The largest absolute Gasteiger partial charge is 0.493 e. The molecule has 0 fully saturated rings. The van der Waals surface area contributed by atoms with E-state index in [0.717, 1.165) is 4.57 Å². The molecule has 0 amide bonds. The Hall–Kier alpha value is -3.07. The molecule has 0 aliphatic heterocycles. The minimum Gasteiger partial charge on any atom is -0.493 e. The van der Waals surface area contributed by atoms with Gasteiger partial charge >= 0.3 is 5.69 Å². The smallest absolute Gasteiger partial charge is 0.335 e. The molecular formula is C13H13ClN6O3. The second kappa shape index (κ2) is 6.36. The highest BCUT2D eigenvalue weighted by Gasteiger charge is 2.18. The van der Waals surface area contributed by atoms with Gasteiger partial charge in [0.2, 0.25) is 11.8 Å². The molecule has 0 atom stereocenters. The number of nitrogens with two attached hydrogens (primary N) is 2. The van der Waals surface area contributed by atoms with E-state index in [1.807, 2.05) is 0 Å². The van der Waals surface area contributed by atoms with Gasteiger partial charge in [-0.15, -0.1) is 5.10 Å². The first-order chi connectivity index (χ1) is 10.8. The van der Waals surface area contributed by atoms with Crippen LogP contribution in [0.25, 0.3) is 5.69 Å². The summed E-state index contributed by atoms with van der Waals surface area (Å²) in [6.45, 7) is 1.41. The summed E-state index contributed by atoms with van der Waals surface area (Å²) in [4.78, 5) is 26.0. The van der Waals surface area contributed by atoms with Crippen LogP contribution in [-0.2, 0) is 0 Å². The zero-order chi connectivity index (χ0) is 17.1. The Morgan fingerprint density at radius 3 is 2.39 bits per heavy atom. The molecule has 9 nitrogen and oxygen atoms in total. The standard InChI is InChI=1S/C13H13ClN6O3/c1-6(18-19-12(15)16)9-10(21)17-13(23)20(11(9)22)8-4-2-7(14)3-5-8/h2-5,22H,1H3,(H4,15,16,19)(H,17,21,23)/b18-6+. The SMILES string of the molecule is C/C(=N\N=C(N)N)c1c(O)n(-c2ccc(Cl)cc2)c(=O)[nH]c1=O. The van der Waals surface area contributed by atoms with Crippen molar-refractivity contribution in [2.75, 3.05) is 0 Å². The molecule has 0 radical (unpaired) electrons. The maximum atomic E-state index is 12.0. The van der Waals surface area contributed by atoms with E-state index in [1.54, 1.807) is 0 Å². The summed E-state index contributed by atoms with van der Waals surface area (Å²) in [5, 5.41) is 17.8. The monoisotopic (exact) mass is 336 g/mol. The second-order valence-electron chi connectivity index (χ2n) is 4.48. The molecule has 0 saturated carbocycles. The molecule has 1 heterocycles. The highest BCUT2D eigenvalue weighted by atomic mass is 35.5. The lowest BCUT2D eigenvalue weighted by atomic mass is 10.2. The number of halogens is 1. The van der Waals surface area contributed by atoms with E-state index in [2.05, 4.69) is 15.2 Å². The third-order valence-corrected chi connectivity index (χ3v) is 3.10. The Balaban J connectivity index is 2.72. The van der Waals surface area contributed by atoms with Gasteiger partial charge in [0.1, 0.15) is 5.56 Å². The number of aromatic hydroxyl groups is 1. The molecule has 2 aromatic rings. The maximum Gasteiger partial charge on any atom is 0.335 e. The summed E-state index contributed by atoms with van der Waals surface area (Å²) in [5.41, 5.74) is 8.80. The van der Waals surface area contributed by atoms with E-state index in [0.29, 0.717) is 10.7 Å². The van der Waals surface area contributed by atoms with Crippen molar-refractivity contribution in [1.82, 2.24) is 9.55 Å². The number of benzene rings is 1. The maximum absolute atomic E-state index is 12.0. The van der Waals surface area contributed by atoms with Gasteiger partial charge in [-0.25, -0.2) is 9.36 Å². The summed E-state index contributed by atoms with van der Waals surface area (Å²) < 4.78 is 0.904. The van der Waals surface area contributed by atoms with Gasteiger partial charge in [0, 0.05) is 5.02 Å². The Bertz CT molecular complexity index is 907. The van der Waals surface area contributed by atoms with Gasteiger partial charge in [0.25, 0.3) is 5.56 Å². The normalized spacial score (nSPS) is 11.3. The zero-order valence-electron chi connectivity index (χ0n) is 11.9. The van der Waals surface area contributed by atoms with Crippen molar-refractivity contribution in [2.45, 2.75) is 6.92 Å². The lowest BCUT2D eigenvalue weighted by Crippen LogP contribution is -2.32. The Kier molecular flexibility index (Phi) is 4.51. The average molecular weight is 337 g/mol. The van der Waals surface area contributed by atoms with E-state index in [1.165, 1.54) is 31.2 Å². The van der Waals surface area contributed by atoms with E-state index in [-0.39, 0.29) is 17.2 Å². The molecule has 0 unspecified atom stereocenters. The van der Waals surface area contributed by atoms with E-state index in [4.69, 9.17) is 23.1 Å². The van der Waals surface area contributed by atoms with Crippen molar-refractivity contribution < 1.29 is 5.11 Å². The first-order valence-electron chi connectivity index (χ1n) is 6.29. The molecule has 120 valence electrons. The number of nitrogens with zero attached hydrogens (tertiary/aromatic N) is 3. The number of nitrogens with one attached hydrogen (secondary N) is 1. The summed E-state index contributed by atoms with van der Waals surface area (Å²) >= 11 is 5.79. The molecule has 6 N–H and O–H groups in total. The van der Waals surface area contributed by atoms with Crippen LogP contribution in [-0.4, -0.2) is 26.3 Å². The van der Waals surface area contributed by atoms with Gasteiger partial charge in [-0.1, -0.05) is 11.6 Å². The van der Waals surface area contributed by atoms with E-state index in [9.17, 15) is 14.7 Å². The minimum absolute atomic E-state index is 0.0277. The topological polar surface area (TPSA) is 152 Å². The van der Waals surface area contributed by atoms with Crippen LogP contribution >= 0.6 is 11.6 Å². The van der Waals surface area contributed by atoms with Crippen LogP contribution < -0.4 is 22.7 Å². The fraction of sp³-hybridized carbons (Fsp3) is 0.0769. The number of aromatic amines is 1. The first kappa shape index (κ1) is 16.3. The van der Waals surface area contributed by atoms with Gasteiger partial charge in [0.05, 0.1) is 11.4 Å². The summed E-state index contributed by atoms with van der Waals surface area (Å²) in [7, 11) is 0. The average Bonchev–Trinajstić information content (AvgIpc) is 2.46. The highest BCUT2D eigenvalue weighted by Crippen LogP contribution is 2.19. The Morgan fingerprint density at radius 2 is 1.83 bits per heavy atom. The second-order valence-corrected chi connectivity index (χ2v) is 4.92. The van der Waals surface area contributed by atoms with Crippen molar-refractivity contribution in [3.63, 3.8) is 0 Å². The molecule has 0 spiro atoms. The van der Waals surface area contributed by atoms with Gasteiger partial charge in [-0.05, 0) is 31.2 Å². The molecule has 0 aliphatic carbocycles. The van der Waals surface area contributed by atoms with E-state index < -0.39 is 17.1 Å². The number of rotatable bonds is 3. The predicted octanol–water partition coefficient (Wildman–Crippen LogP) is -0.118. The van der Waals surface area contributed by atoms with Crippen molar-refractivity contribution >= 4 is 23.3 Å². The summed E-state index contributed by atoms with van der Waals surface area (Å²) in [5.74, 6) is -0.903. The third-order valence-electron chi connectivity index (χ3n) is 2.85. The predicted molar refractivity (Wildman–Crippen MR) is 87.4 cm³/mol. The molecule has 23 heavy (non-hydrogen) atoms. The van der Waals surface area contributed by atoms with Crippen molar-refractivity contribution in [1.29, 1.82) is 0 Å². The van der Waals surface area contributed by atoms with Gasteiger partial charge < -0.3 is 16.6 Å². The lowest BCUT2D eigenvalue weighted by Gasteiger charge is -2.11. The highest BCUT2D eigenvalue weighted by molar-refractivity contribution is 6.30. The van der Waals surface area contributed by atoms with Crippen LogP contribution in [0.5, 0.6) is 5.88 Å². The van der Waals surface area contributed by atoms with Crippen molar-refractivity contribution in [3.05, 3.63) is 55.7 Å². The molecule has 10 heteroatoms. The molecule has 0 bridgehead atoms. The van der Waals surface area contributed by atoms with Gasteiger partial charge in [-0.3, -0.25) is 9.78 Å².